The summed E-state index contributed by atoms with van der Waals surface area (Å²) in [6.07, 6.45) is 0. The van der Waals surface area contributed by atoms with Gasteiger partial charge in [-0.3, -0.25) is 0 Å². The van der Waals surface area contributed by atoms with E-state index in [4.69, 9.17) is 16.3 Å². The van der Waals surface area contributed by atoms with Crippen LogP contribution in [-0.4, -0.2) is 18.0 Å². The molecular formula is C19H21ClN2O3. The number of halogens is 1. The van der Waals surface area contributed by atoms with Crippen LogP contribution in [0.3, 0.4) is 0 Å². The van der Waals surface area contributed by atoms with Gasteiger partial charge in [-0.25, -0.2) is 9.59 Å². The molecule has 25 heavy (non-hydrogen) atoms. The minimum absolute atomic E-state index is 0.137. The average Bonchev–Trinajstić information content (AvgIpc) is 2.55. The summed E-state index contributed by atoms with van der Waals surface area (Å²) in [5.41, 5.74) is 1.39. The lowest BCUT2D eigenvalue weighted by Gasteiger charge is -2.21. The van der Waals surface area contributed by atoms with Crippen LogP contribution in [-0.2, 0) is 4.79 Å². The quantitative estimate of drug-likeness (QED) is 0.613. The van der Waals surface area contributed by atoms with Crippen molar-refractivity contribution in [3.05, 3.63) is 59.1 Å². The third-order valence-corrected chi connectivity index (χ3v) is 3.82. The van der Waals surface area contributed by atoms with E-state index in [-0.39, 0.29) is 5.92 Å². The van der Waals surface area contributed by atoms with Gasteiger partial charge in [0.2, 0.25) is 0 Å². The van der Waals surface area contributed by atoms with Crippen LogP contribution in [0.5, 0.6) is 5.75 Å². The monoisotopic (exact) mass is 360 g/mol. The molecule has 0 aliphatic rings. The van der Waals surface area contributed by atoms with Gasteiger partial charge in [0.05, 0.1) is 0 Å². The van der Waals surface area contributed by atoms with E-state index in [0.29, 0.717) is 16.5 Å². The van der Waals surface area contributed by atoms with E-state index in [0.717, 1.165) is 5.56 Å². The van der Waals surface area contributed by atoms with E-state index in [1.165, 1.54) is 0 Å². The Kier molecular flexibility index (Phi) is 6.42. The highest BCUT2D eigenvalue weighted by Crippen LogP contribution is 2.22. The van der Waals surface area contributed by atoms with Crippen molar-refractivity contribution in [2.24, 2.45) is 5.92 Å². The second kappa shape index (κ2) is 8.53. The average molecular weight is 361 g/mol. The predicted octanol–water partition coefficient (Wildman–Crippen LogP) is 4.40. The summed E-state index contributed by atoms with van der Waals surface area (Å²) in [4.78, 5) is 24.6. The molecule has 2 amide bonds. The Morgan fingerprint density at radius 1 is 1.08 bits per heavy atom. The number of esters is 1. The number of carbonyl (C=O) groups excluding carboxylic acids is 2. The molecule has 6 heteroatoms. The minimum Gasteiger partial charge on any atom is -0.425 e. The highest BCUT2D eigenvalue weighted by molar-refractivity contribution is 6.30. The standard InChI is InChI=1S/C19H21ClN2O3/c1-12(2)17(22-19(24)21-15-7-5-4-6-8-15)18(23)25-16-10-9-14(20)11-13(16)3/h4-12,17H,1-3H3,(H2,21,22,24). The number of carbonyl (C=O) groups is 2. The van der Waals surface area contributed by atoms with Crippen molar-refractivity contribution in [3.63, 3.8) is 0 Å². The Hall–Kier alpha value is -2.53. The molecule has 0 aliphatic carbocycles. The van der Waals surface area contributed by atoms with Crippen molar-refractivity contribution < 1.29 is 14.3 Å². The van der Waals surface area contributed by atoms with Crippen molar-refractivity contribution in [3.8, 4) is 5.75 Å². The number of nitrogens with one attached hydrogen (secondary N) is 2. The minimum atomic E-state index is -0.779. The summed E-state index contributed by atoms with van der Waals surface area (Å²) in [6, 6.07) is 12.8. The molecule has 0 fully saturated rings. The fourth-order valence-corrected chi connectivity index (χ4v) is 2.45. The maximum atomic E-state index is 12.5. The number of ether oxygens (including phenoxy) is 1. The van der Waals surface area contributed by atoms with E-state index < -0.39 is 18.0 Å². The largest absolute Gasteiger partial charge is 0.425 e. The molecule has 0 radical (unpaired) electrons. The second-order valence-electron chi connectivity index (χ2n) is 6.02. The molecule has 1 atom stereocenters. The fraction of sp³-hybridized carbons (Fsp3) is 0.263. The maximum Gasteiger partial charge on any atom is 0.334 e. The molecule has 132 valence electrons. The number of rotatable bonds is 5. The van der Waals surface area contributed by atoms with Crippen LogP contribution in [0.15, 0.2) is 48.5 Å². The molecule has 0 bridgehead atoms. The van der Waals surface area contributed by atoms with Crippen LogP contribution in [0.4, 0.5) is 10.5 Å². The van der Waals surface area contributed by atoms with Gasteiger partial charge in [-0.15, -0.1) is 0 Å². The summed E-state index contributed by atoms with van der Waals surface area (Å²) >= 11 is 5.91. The maximum absolute atomic E-state index is 12.5. The molecule has 0 aliphatic heterocycles. The first-order chi connectivity index (χ1) is 11.9. The smallest absolute Gasteiger partial charge is 0.334 e. The molecule has 2 rings (SSSR count). The molecule has 0 saturated carbocycles. The topological polar surface area (TPSA) is 67.4 Å². The van der Waals surface area contributed by atoms with E-state index >= 15 is 0 Å². The van der Waals surface area contributed by atoms with Crippen molar-refractivity contribution in [2.75, 3.05) is 5.32 Å². The molecule has 0 aromatic heterocycles. The van der Waals surface area contributed by atoms with Gasteiger partial charge in [0.1, 0.15) is 11.8 Å². The van der Waals surface area contributed by atoms with Gasteiger partial charge in [-0.2, -0.15) is 0 Å². The number of amides is 2. The number of para-hydroxylation sites is 1. The highest BCUT2D eigenvalue weighted by atomic mass is 35.5. The lowest BCUT2D eigenvalue weighted by Crippen LogP contribution is -2.48. The Balaban J connectivity index is 2.03. The van der Waals surface area contributed by atoms with Gasteiger partial charge >= 0.3 is 12.0 Å². The molecule has 0 spiro atoms. The number of urea groups is 1. The predicted molar refractivity (Wildman–Crippen MR) is 99.0 cm³/mol. The van der Waals surface area contributed by atoms with Gasteiger partial charge in [0.25, 0.3) is 0 Å². The number of benzene rings is 2. The van der Waals surface area contributed by atoms with Gasteiger partial charge < -0.3 is 15.4 Å². The molecule has 0 heterocycles. The Bertz CT molecular complexity index is 748. The lowest BCUT2D eigenvalue weighted by atomic mass is 10.0. The second-order valence-corrected chi connectivity index (χ2v) is 6.45. The van der Waals surface area contributed by atoms with E-state index in [9.17, 15) is 9.59 Å². The van der Waals surface area contributed by atoms with Crippen molar-refractivity contribution in [1.82, 2.24) is 5.32 Å². The Morgan fingerprint density at radius 3 is 2.36 bits per heavy atom. The number of anilines is 1. The van der Waals surface area contributed by atoms with Crippen LogP contribution in [0.2, 0.25) is 5.02 Å². The third kappa shape index (κ3) is 5.50. The molecule has 0 saturated heterocycles. The highest BCUT2D eigenvalue weighted by Gasteiger charge is 2.26. The van der Waals surface area contributed by atoms with Crippen LogP contribution in [0.25, 0.3) is 0 Å². The molecular weight excluding hydrogens is 340 g/mol. The van der Waals surface area contributed by atoms with Gasteiger partial charge in [-0.1, -0.05) is 43.6 Å². The zero-order chi connectivity index (χ0) is 18.4. The van der Waals surface area contributed by atoms with Crippen molar-refractivity contribution in [2.45, 2.75) is 26.8 Å². The lowest BCUT2D eigenvalue weighted by molar-refractivity contribution is -0.137. The zero-order valence-corrected chi connectivity index (χ0v) is 15.1. The van der Waals surface area contributed by atoms with E-state index in [2.05, 4.69) is 10.6 Å². The molecule has 2 aromatic carbocycles. The number of hydrogen-bond donors (Lipinski definition) is 2. The molecule has 2 aromatic rings. The van der Waals surface area contributed by atoms with Gasteiger partial charge in [0.15, 0.2) is 0 Å². The van der Waals surface area contributed by atoms with Crippen molar-refractivity contribution >= 4 is 29.3 Å². The summed E-state index contributed by atoms with van der Waals surface area (Å²) in [7, 11) is 0. The number of aryl methyl sites for hydroxylation is 1. The van der Waals surface area contributed by atoms with Crippen LogP contribution < -0.4 is 15.4 Å². The zero-order valence-electron chi connectivity index (χ0n) is 14.4. The van der Waals surface area contributed by atoms with Crippen LogP contribution in [0.1, 0.15) is 19.4 Å². The summed E-state index contributed by atoms with van der Waals surface area (Å²) in [6.45, 7) is 5.47. The first-order valence-electron chi connectivity index (χ1n) is 7.97. The first-order valence-corrected chi connectivity index (χ1v) is 8.35. The number of hydrogen-bond acceptors (Lipinski definition) is 3. The van der Waals surface area contributed by atoms with Crippen molar-refractivity contribution in [1.29, 1.82) is 0 Å². The Labute approximate surface area is 152 Å². The summed E-state index contributed by atoms with van der Waals surface area (Å²) < 4.78 is 5.43. The Morgan fingerprint density at radius 2 is 1.76 bits per heavy atom. The summed E-state index contributed by atoms with van der Waals surface area (Å²) in [5.74, 6) is -0.240. The SMILES string of the molecule is Cc1cc(Cl)ccc1OC(=O)C(NC(=O)Nc1ccccc1)C(C)C. The van der Waals surface area contributed by atoms with Gasteiger partial charge in [0, 0.05) is 10.7 Å². The van der Waals surface area contributed by atoms with Gasteiger partial charge in [-0.05, 0) is 48.7 Å². The molecule has 5 nitrogen and oxygen atoms in total. The van der Waals surface area contributed by atoms with E-state index in [1.54, 1.807) is 37.3 Å². The van der Waals surface area contributed by atoms with Crippen LogP contribution >= 0.6 is 11.6 Å². The first kappa shape index (κ1) is 18.8. The molecule has 2 N–H and O–H groups in total. The third-order valence-electron chi connectivity index (χ3n) is 3.59. The fourth-order valence-electron chi connectivity index (χ4n) is 2.23. The molecule has 1 unspecified atom stereocenters. The normalized spacial score (nSPS) is 11.7. The van der Waals surface area contributed by atoms with E-state index in [1.807, 2.05) is 32.0 Å². The van der Waals surface area contributed by atoms with Crippen LogP contribution in [0, 0.1) is 12.8 Å². The summed E-state index contributed by atoms with van der Waals surface area (Å²) in [5, 5.41) is 5.92.